The van der Waals surface area contributed by atoms with Crippen LogP contribution in [0.1, 0.15) is 17.3 Å². The lowest BCUT2D eigenvalue weighted by Gasteiger charge is -2.10. The van der Waals surface area contributed by atoms with Crippen molar-refractivity contribution < 1.29 is 19.1 Å². The van der Waals surface area contributed by atoms with Crippen LogP contribution in [0, 0.1) is 0 Å². The highest BCUT2D eigenvalue weighted by Crippen LogP contribution is 2.21. The van der Waals surface area contributed by atoms with Crippen molar-refractivity contribution in [2.24, 2.45) is 0 Å². The quantitative estimate of drug-likeness (QED) is 0.815. The van der Waals surface area contributed by atoms with E-state index in [2.05, 4.69) is 10.6 Å². The monoisotopic (exact) mass is 280 g/mol. The fraction of sp³-hybridized carbons (Fsp3) is 0.250. The van der Waals surface area contributed by atoms with E-state index in [0.717, 1.165) is 11.8 Å². The minimum absolute atomic E-state index is 0.319. The first-order valence-electron chi connectivity index (χ1n) is 5.65. The van der Waals surface area contributed by atoms with E-state index in [1.807, 2.05) is 0 Å². The molecule has 2 rings (SSSR count). The standard InChI is InChI=1S/C12H12N2O4S/c1-2-18-11(16)7-3-5-8(6-4-7)13-10-9(15)14-12(17)19-10/h3-6,10,13H,2H2,1H3,(H,14,15,17). The van der Waals surface area contributed by atoms with Crippen molar-refractivity contribution in [2.45, 2.75) is 12.3 Å². The second kappa shape index (κ2) is 5.75. The van der Waals surface area contributed by atoms with Gasteiger partial charge in [0.1, 0.15) is 0 Å². The van der Waals surface area contributed by atoms with Crippen molar-refractivity contribution in [1.82, 2.24) is 5.32 Å². The molecule has 1 saturated heterocycles. The molecular formula is C12H12N2O4S. The summed E-state index contributed by atoms with van der Waals surface area (Å²) in [5.41, 5.74) is 1.09. The summed E-state index contributed by atoms with van der Waals surface area (Å²) in [6.45, 7) is 2.06. The first-order chi connectivity index (χ1) is 9.10. The summed E-state index contributed by atoms with van der Waals surface area (Å²) in [5, 5.41) is 4.07. The number of rotatable bonds is 4. The molecule has 1 fully saturated rings. The minimum Gasteiger partial charge on any atom is -0.462 e. The molecule has 0 saturated carbocycles. The highest BCUT2D eigenvalue weighted by Gasteiger charge is 2.31. The molecule has 2 amide bonds. The maximum atomic E-state index is 11.4. The summed E-state index contributed by atoms with van der Waals surface area (Å²) in [7, 11) is 0. The van der Waals surface area contributed by atoms with E-state index < -0.39 is 11.3 Å². The number of ether oxygens (including phenoxy) is 1. The largest absolute Gasteiger partial charge is 0.462 e. The van der Waals surface area contributed by atoms with Crippen molar-refractivity contribution in [3.63, 3.8) is 0 Å². The average Bonchev–Trinajstić information content (AvgIpc) is 2.69. The van der Waals surface area contributed by atoms with Crippen LogP contribution >= 0.6 is 11.8 Å². The zero-order valence-corrected chi connectivity index (χ0v) is 11.0. The van der Waals surface area contributed by atoms with Crippen LogP contribution in [0.3, 0.4) is 0 Å². The summed E-state index contributed by atoms with van der Waals surface area (Å²) < 4.78 is 4.86. The Kier molecular flexibility index (Phi) is 4.06. The highest BCUT2D eigenvalue weighted by molar-refractivity contribution is 8.15. The van der Waals surface area contributed by atoms with E-state index in [-0.39, 0.29) is 11.1 Å². The van der Waals surface area contributed by atoms with Gasteiger partial charge in [-0.3, -0.25) is 14.9 Å². The summed E-state index contributed by atoms with van der Waals surface area (Å²) in [6, 6.07) is 6.51. The Morgan fingerprint density at radius 2 is 2.05 bits per heavy atom. The Balaban J connectivity index is 2.01. The van der Waals surface area contributed by atoms with Crippen molar-refractivity contribution >= 4 is 34.6 Å². The molecule has 1 heterocycles. The fourth-order valence-corrected chi connectivity index (χ4v) is 2.25. The zero-order valence-electron chi connectivity index (χ0n) is 10.1. The Morgan fingerprint density at radius 3 is 2.58 bits per heavy atom. The van der Waals surface area contributed by atoms with Gasteiger partial charge in [-0.1, -0.05) is 0 Å². The Labute approximate surface area is 113 Å². The minimum atomic E-state index is -0.638. The molecule has 1 aliphatic heterocycles. The van der Waals surface area contributed by atoms with Gasteiger partial charge in [0.2, 0.25) is 0 Å². The third-order valence-electron chi connectivity index (χ3n) is 2.38. The molecule has 6 nitrogen and oxygen atoms in total. The van der Waals surface area contributed by atoms with Gasteiger partial charge in [-0.25, -0.2) is 4.79 Å². The molecule has 0 spiro atoms. The molecule has 0 radical (unpaired) electrons. The Morgan fingerprint density at radius 1 is 1.37 bits per heavy atom. The predicted octanol–water partition coefficient (Wildman–Crippen LogP) is 1.58. The van der Waals surface area contributed by atoms with Crippen LogP contribution < -0.4 is 10.6 Å². The Hall–Kier alpha value is -2.02. The lowest BCUT2D eigenvalue weighted by atomic mass is 10.2. The Bertz CT molecular complexity index is 515. The topological polar surface area (TPSA) is 84.5 Å². The first kappa shape index (κ1) is 13.4. The third kappa shape index (κ3) is 3.25. The number of carbonyl (C=O) groups excluding carboxylic acids is 3. The SMILES string of the molecule is CCOC(=O)c1ccc(NC2SC(=O)NC2=O)cc1. The second-order valence-corrected chi connectivity index (χ2v) is 4.79. The van der Waals surface area contributed by atoms with Gasteiger partial charge in [-0.05, 0) is 43.0 Å². The van der Waals surface area contributed by atoms with Gasteiger partial charge in [0.25, 0.3) is 11.1 Å². The van der Waals surface area contributed by atoms with Crippen LogP contribution in [-0.4, -0.2) is 29.1 Å². The van der Waals surface area contributed by atoms with Crippen molar-refractivity contribution in [3.8, 4) is 0 Å². The molecule has 7 heteroatoms. The van der Waals surface area contributed by atoms with Gasteiger partial charge >= 0.3 is 5.97 Å². The molecule has 1 atom stereocenters. The molecular weight excluding hydrogens is 268 g/mol. The lowest BCUT2D eigenvalue weighted by Crippen LogP contribution is -2.29. The van der Waals surface area contributed by atoms with E-state index in [0.29, 0.717) is 17.9 Å². The van der Waals surface area contributed by atoms with Gasteiger partial charge < -0.3 is 10.1 Å². The van der Waals surface area contributed by atoms with Crippen LogP contribution in [0.5, 0.6) is 0 Å². The number of anilines is 1. The fourth-order valence-electron chi connectivity index (χ4n) is 1.52. The summed E-state index contributed by atoms with van der Waals surface area (Å²) in [5.74, 6) is -0.762. The van der Waals surface area contributed by atoms with E-state index in [1.54, 1.807) is 31.2 Å². The van der Waals surface area contributed by atoms with Crippen molar-refractivity contribution in [1.29, 1.82) is 0 Å². The maximum Gasteiger partial charge on any atom is 0.338 e. The molecule has 1 aliphatic rings. The highest BCUT2D eigenvalue weighted by atomic mass is 32.2. The van der Waals surface area contributed by atoms with Crippen LogP contribution in [0.2, 0.25) is 0 Å². The lowest BCUT2D eigenvalue weighted by molar-refractivity contribution is -0.118. The molecule has 1 aromatic rings. The molecule has 2 N–H and O–H groups in total. The predicted molar refractivity (Wildman–Crippen MR) is 70.9 cm³/mol. The normalized spacial score (nSPS) is 18.1. The number of benzene rings is 1. The average molecular weight is 280 g/mol. The number of hydrogen-bond acceptors (Lipinski definition) is 6. The zero-order chi connectivity index (χ0) is 13.8. The molecule has 1 aromatic carbocycles. The molecule has 0 aromatic heterocycles. The number of imide groups is 1. The van der Waals surface area contributed by atoms with E-state index in [4.69, 9.17) is 4.74 Å². The molecule has 19 heavy (non-hydrogen) atoms. The number of esters is 1. The third-order valence-corrected chi connectivity index (χ3v) is 3.27. The summed E-state index contributed by atoms with van der Waals surface area (Å²) in [4.78, 5) is 33.8. The first-order valence-corrected chi connectivity index (χ1v) is 6.53. The molecule has 0 aliphatic carbocycles. The summed E-state index contributed by atoms with van der Waals surface area (Å²) in [6.07, 6.45) is 0. The van der Waals surface area contributed by atoms with Gasteiger partial charge in [0, 0.05) is 5.69 Å². The smallest absolute Gasteiger partial charge is 0.338 e. The number of thioether (sulfide) groups is 1. The number of hydrogen-bond donors (Lipinski definition) is 2. The van der Waals surface area contributed by atoms with Gasteiger partial charge in [0.15, 0.2) is 5.37 Å². The number of nitrogens with one attached hydrogen (secondary N) is 2. The van der Waals surface area contributed by atoms with Gasteiger partial charge in [-0.2, -0.15) is 0 Å². The second-order valence-electron chi connectivity index (χ2n) is 3.72. The van der Waals surface area contributed by atoms with Crippen LogP contribution in [0.25, 0.3) is 0 Å². The number of amides is 2. The molecule has 1 unspecified atom stereocenters. The van der Waals surface area contributed by atoms with E-state index in [9.17, 15) is 14.4 Å². The van der Waals surface area contributed by atoms with E-state index >= 15 is 0 Å². The van der Waals surface area contributed by atoms with Gasteiger partial charge in [0.05, 0.1) is 12.2 Å². The van der Waals surface area contributed by atoms with E-state index in [1.165, 1.54) is 0 Å². The summed E-state index contributed by atoms with van der Waals surface area (Å²) >= 11 is 0.885. The van der Waals surface area contributed by atoms with Crippen LogP contribution in [-0.2, 0) is 9.53 Å². The van der Waals surface area contributed by atoms with Crippen LogP contribution in [0.4, 0.5) is 10.5 Å². The molecule has 0 bridgehead atoms. The van der Waals surface area contributed by atoms with Crippen LogP contribution in [0.15, 0.2) is 24.3 Å². The van der Waals surface area contributed by atoms with Gasteiger partial charge in [-0.15, -0.1) is 0 Å². The maximum absolute atomic E-state index is 11.4. The van der Waals surface area contributed by atoms with Crippen molar-refractivity contribution in [3.05, 3.63) is 29.8 Å². The number of carbonyl (C=O) groups is 3. The molecule has 100 valence electrons. The van der Waals surface area contributed by atoms with Crippen molar-refractivity contribution in [2.75, 3.05) is 11.9 Å².